The molecule has 1 aliphatic rings. The maximum Gasteiger partial charge on any atom is 0.408 e. The van der Waals surface area contributed by atoms with E-state index < -0.39 is 0 Å². The van der Waals surface area contributed by atoms with Gasteiger partial charge in [-0.3, -0.25) is 4.90 Å². The molecule has 1 aliphatic heterocycles. The monoisotopic (exact) mass is 476 g/mol. The van der Waals surface area contributed by atoms with Crippen LogP contribution in [-0.4, -0.2) is 30.2 Å². The normalized spacial score (nSPS) is 14.5. The summed E-state index contributed by atoms with van der Waals surface area (Å²) in [6.45, 7) is 2.75. The van der Waals surface area contributed by atoms with Crippen molar-refractivity contribution in [2.75, 3.05) is 13.1 Å². The lowest BCUT2D eigenvalue weighted by Crippen LogP contribution is -2.40. The Bertz CT molecular complexity index is 1180. The van der Waals surface area contributed by atoms with Crippen LogP contribution in [0.3, 0.4) is 0 Å². The number of carbonyl (C=O) groups excluding carboxylic acids is 1. The van der Waals surface area contributed by atoms with E-state index in [1.165, 1.54) is 16.7 Å². The standard InChI is InChI=1S/C32H32N2O2/c35-32(33-31(28-12-6-2-7-13-28)29-14-8-3-9-15-29)36-30-20-22-34(23-21-30)24-25-16-18-27(19-17-25)26-10-4-1-5-11-26/h1-19,30-31H,20-24H2,(H,33,35). The number of alkyl carbamates (subject to hydrolysis) is 1. The molecule has 4 heteroatoms. The van der Waals surface area contributed by atoms with Gasteiger partial charge in [0.25, 0.3) is 0 Å². The molecule has 0 bridgehead atoms. The van der Waals surface area contributed by atoms with Crippen LogP contribution in [0, 0.1) is 0 Å². The van der Waals surface area contributed by atoms with Gasteiger partial charge < -0.3 is 10.1 Å². The van der Waals surface area contributed by atoms with E-state index in [-0.39, 0.29) is 18.2 Å². The summed E-state index contributed by atoms with van der Waals surface area (Å²) in [4.78, 5) is 15.3. The van der Waals surface area contributed by atoms with Crippen LogP contribution in [0.4, 0.5) is 4.79 Å². The lowest BCUT2D eigenvalue weighted by molar-refractivity contribution is 0.0476. The molecular formula is C32H32N2O2. The zero-order valence-electron chi connectivity index (χ0n) is 20.4. The maximum atomic E-state index is 12.8. The molecule has 1 fully saturated rings. The molecule has 0 unspecified atom stereocenters. The minimum absolute atomic E-state index is 0.0612. The molecule has 0 aromatic heterocycles. The maximum absolute atomic E-state index is 12.8. The van der Waals surface area contributed by atoms with Gasteiger partial charge in [0.15, 0.2) is 0 Å². The molecule has 36 heavy (non-hydrogen) atoms. The highest BCUT2D eigenvalue weighted by Gasteiger charge is 2.24. The molecule has 182 valence electrons. The van der Waals surface area contributed by atoms with E-state index in [9.17, 15) is 4.79 Å². The van der Waals surface area contributed by atoms with Gasteiger partial charge in [-0.2, -0.15) is 0 Å². The van der Waals surface area contributed by atoms with Crippen molar-refractivity contribution < 1.29 is 9.53 Å². The van der Waals surface area contributed by atoms with Crippen LogP contribution in [-0.2, 0) is 11.3 Å². The van der Waals surface area contributed by atoms with Crippen molar-refractivity contribution in [2.45, 2.75) is 31.5 Å². The van der Waals surface area contributed by atoms with Gasteiger partial charge in [0, 0.05) is 19.6 Å². The van der Waals surface area contributed by atoms with Gasteiger partial charge in [0.05, 0.1) is 6.04 Å². The summed E-state index contributed by atoms with van der Waals surface area (Å²) in [5, 5.41) is 3.09. The summed E-state index contributed by atoms with van der Waals surface area (Å²) in [5.41, 5.74) is 5.85. The van der Waals surface area contributed by atoms with Gasteiger partial charge in [0.2, 0.25) is 0 Å². The molecule has 0 atom stereocenters. The van der Waals surface area contributed by atoms with Crippen LogP contribution >= 0.6 is 0 Å². The summed E-state index contributed by atoms with van der Waals surface area (Å²) in [6, 6.07) is 39.1. The number of ether oxygens (including phenoxy) is 1. The highest BCUT2D eigenvalue weighted by Crippen LogP contribution is 2.24. The van der Waals surface area contributed by atoms with E-state index in [4.69, 9.17) is 4.74 Å². The first-order valence-corrected chi connectivity index (χ1v) is 12.7. The second-order valence-electron chi connectivity index (χ2n) is 9.34. The fourth-order valence-corrected chi connectivity index (χ4v) is 4.83. The summed E-state index contributed by atoms with van der Waals surface area (Å²) >= 11 is 0. The molecule has 5 rings (SSSR count). The molecule has 1 heterocycles. The third-order valence-electron chi connectivity index (χ3n) is 6.80. The Kier molecular flexibility index (Phi) is 7.74. The highest BCUT2D eigenvalue weighted by atomic mass is 16.6. The van der Waals surface area contributed by atoms with Crippen LogP contribution in [0.1, 0.15) is 35.6 Å². The van der Waals surface area contributed by atoms with Crippen LogP contribution in [0.15, 0.2) is 115 Å². The number of hydrogen-bond acceptors (Lipinski definition) is 3. The largest absolute Gasteiger partial charge is 0.446 e. The summed E-state index contributed by atoms with van der Waals surface area (Å²) in [5.74, 6) is 0. The molecular weight excluding hydrogens is 444 g/mol. The molecule has 1 N–H and O–H groups in total. The molecule has 0 saturated carbocycles. The second-order valence-corrected chi connectivity index (χ2v) is 9.34. The predicted octanol–water partition coefficient (Wildman–Crippen LogP) is 6.83. The van der Waals surface area contributed by atoms with Crippen molar-refractivity contribution in [3.8, 4) is 11.1 Å². The average Bonchev–Trinajstić information content (AvgIpc) is 2.95. The third kappa shape index (κ3) is 6.21. The van der Waals surface area contributed by atoms with Gasteiger partial charge in [-0.25, -0.2) is 4.79 Å². The van der Waals surface area contributed by atoms with Crippen LogP contribution < -0.4 is 5.32 Å². The summed E-state index contributed by atoms with van der Waals surface area (Å²) in [7, 11) is 0. The van der Waals surface area contributed by atoms with Crippen molar-refractivity contribution in [2.24, 2.45) is 0 Å². The zero-order valence-corrected chi connectivity index (χ0v) is 20.4. The van der Waals surface area contributed by atoms with Crippen LogP contribution in [0.2, 0.25) is 0 Å². The Balaban J connectivity index is 1.12. The van der Waals surface area contributed by atoms with E-state index in [0.717, 1.165) is 43.6 Å². The number of hydrogen-bond donors (Lipinski definition) is 1. The number of piperidine rings is 1. The van der Waals surface area contributed by atoms with Crippen LogP contribution in [0.25, 0.3) is 11.1 Å². The van der Waals surface area contributed by atoms with Crippen molar-refractivity contribution in [1.82, 2.24) is 10.2 Å². The number of nitrogens with one attached hydrogen (secondary N) is 1. The quantitative estimate of drug-likeness (QED) is 0.318. The van der Waals surface area contributed by atoms with Crippen LogP contribution in [0.5, 0.6) is 0 Å². The Hall–Kier alpha value is -3.89. The van der Waals surface area contributed by atoms with Crippen molar-refractivity contribution >= 4 is 6.09 Å². The summed E-state index contributed by atoms with van der Waals surface area (Å²) in [6.07, 6.45) is 1.27. The molecule has 0 radical (unpaired) electrons. The zero-order chi connectivity index (χ0) is 24.6. The van der Waals surface area contributed by atoms with Gasteiger partial charge >= 0.3 is 6.09 Å². The minimum Gasteiger partial charge on any atom is -0.446 e. The van der Waals surface area contributed by atoms with E-state index in [1.54, 1.807) is 0 Å². The van der Waals surface area contributed by atoms with Gasteiger partial charge in [-0.05, 0) is 40.7 Å². The van der Waals surface area contributed by atoms with E-state index in [0.29, 0.717) is 0 Å². The SMILES string of the molecule is O=C(NC(c1ccccc1)c1ccccc1)OC1CCN(Cc2ccc(-c3ccccc3)cc2)CC1. The Morgan fingerprint density at radius 1 is 0.722 bits per heavy atom. The van der Waals surface area contributed by atoms with Gasteiger partial charge in [-0.15, -0.1) is 0 Å². The van der Waals surface area contributed by atoms with E-state index >= 15 is 0 Å². The topological polar surface area (TPSA) is 41.6 Å². The predicted molar refractivity (Wildman–Crippen MR) is 145 cm³/mol. The number of benzene rings is 4. The first-order valence-electron chi connectivity index (χ1n) is 12.7. The Labute approximate surface area is 213 Å². The second kappa shape index (κ2) is 11.7. The fourth-order valence-electron chi connectivity index (χ4n) is 4.83. The van der Waals surface area contributed by atoms with E-state index in [2.05, 4.69) is 58.7 Å². The first kappa shape index (κ1) is 23.8. The molecule has 1 saturated heterocycles. The lowest BCUT2D eigenvalue weighted by atomic mass is 9.99. The average molecular weight is 477 g/mol. The highest BCUT2D eigenvalue weighted by molar-refractivity contribution is 5.69. The number of likely N-dealkylation sites (tertiary alicyclic amines) is 1. The molecule has 4 nitrogen and oxygen atoms in total. The van der Waals surface area contributed by atoms with E-state index in [1.807, 2.05) is 66.7 Å². The van der Waals surface area contributed by atoms with Gasteiger partial charge in [0.1, 0.15) is 6.10 Å². The lowest BCUT2D eigenvalue weighted by Gasteiger charge is -2.32. The number of nitrogens with zero attached hydrogens (tertiary/aromatic N) is 1. The minimum atomic E-state index is -0.359. The summed E-state index contributed by atoms with van der Waals surface area (Å²) < 4.78 is 5.85. The Morgan fingerprint density at radius 3 is 1.78 bits per heavy atom. The molecule has 0 aliphatic carbocycles. The molecule has 4 aromatic rings. The smallest absolute Gasteiger partial charge is 0.408 e. The third-order valence-corrected chi connectivity index (χ3v) is 6.80. The van der Waals surface area contributed by atoms with Crippen molar-refractivity contribution in [1.29, 1.82) is 0 Å². The Morgan fingerprint density at radius 2 is 1.22 bits per heavy atom. The first-order chi connectivity index (χ1) is 17.7. The van der Waals surface area contributed by atoms with Gasteiger partial charge in [-0.1, -0.05) is 115 Å². The number of carbonyl (C=O) groups is 1. The molecule has 0 spiro atoms. The molecule has 1 amide bonds. The number of amides is 1. The fraction of sp³-hybridized carbons (Fsp3) is 0.219. The van der Waals surface area contributed by atoms with Crippen molar-refractivity contribution in [3.05, 3.63) is 132 Å². The molecule has 4 aromatic carbocycles. The van der Waals surface area contributed by atoms with Crippen molar-refractivity contribution in [3.63, 3.8) is 0 Å². The number of rotatable bonds is 7.